The second-order valence-electron chi connectivity index (χ2n) is 6.04. The van der Waals surface area contributed by atoms with Crippen molar-refractivity contribution in [1.82, 2.24) is 4.67 Å². The molecule has 0 spiro atoms. The van der Waals surface area contributed by atoms with Gasteiger partial charge in [0.1, 0.15) is 6.07 Å². The summed E-state index contributed by atoms with van der Waals surface area (Å²) < 4.78 is 31.2. The fraction of sp³-hybridized carbons (Fsp3) is 0.273. The molecule has 2 aromatic carbocycles. The predicted octanol–water partition coefficient (Wildman–Crippen LogP) is 4.78. The number of nitriles is 1. The molecule has 0 atom stereocenters. The number of esters is 1. The summed E-state index contributed by atoms with van der Waals surface area (Å²) in [6, 6.07) is 19.9. The van der Waals surface area contributed by atoms with E-state index in [2.05, 4.69) is 0 Å². The molecule has 0 aliphatic rings. The number of benzene rings is 2. The molecule has 30 heavy (non-hydrogen) atoms. The normalized spacial score (nSPS) is 11.9. The number of carbonyl (C=O) groups excluding carboxylic acids is 1. The molecule has 0 radical (unpaired) electrons. The minimum atomic E-state index is -3.92. The third-order valence-corrected chi connectivity index (χ3v) is 6.20. The molecule has 0 bridgehead atoms. The van der Waals surface area contributed by atoms with Crippen LogP contribution in [-0.2, 0) is 29.7 Å². The lowest BCUT2D eigenvalue weighted by atomic mass is 10.1. The first kappa shape index (κ1) is 23.4. The summed E-state index contributed by atoms with van der Waals surface area (Å²) in [6.45, 7) is 3.72. The number of rotatable bonds is 10. The van der Waals surface area contributed by atoms with Gasteiger partial charge < -0.3 is 4.74 Å². The summed E-state index contributed by atoms with van der Waals surface area (Å²) in [5.74, 6) is -0.839. The Kier molecular flexibility index (Phi) is 8.82. The van der Waals surface area contributed by atoms with E-state index in [1.54, 1.807) is 44.2 Å². The van der Waals surface area contributed by atoms with E-state index in [4.69, 9.17) is 13.8 Å². The molecule has 0 heterocycles. The molecule has 0 aliphatic carbocycles. The fourth-order valence-electron chi connectivity index (χ4n) is 2.86. The van der Waals surface area contributed by atoms with E-state index in [1.165, 1.54) is 11.8 Å². The largest absolute Gasteiger partial charge is 0.465 e. The number of carbonyl (C=O) groups is 1. The highest BCUT2D eigenvalue weighted by Crippen LogP contribution is 2.57. The van der Waals surface area contributed by atoms with Crippen molar-refractivity contribution < 1.29 is 23.1 Å². The Morgan fingerprint density at radius 1 is 1.00 bits per heavy atom. The Morgan fingerprint density at radius 3 is 2.00 bits per heavy atom. The van der Waals surface area contributed by atoms with Crippen LogP contribution in [0, 0.1) is 11.3 Å². The molecular weight excluding hydrogens is 403 g/mol. The second-order valence-corrected chi connectivity index (χ2v) is 7.98. The van der Waals surface area contributed by atoms with Gasteiger partial charge >= 0.3 is 13.7 Å². The van der Waals surface area contributed by atoms with Crippen LogP contribution in [0.5, 0.6) is 0 Å². The smallest absolute Gasteiger partial charge is 0.435 e. The molecule has 0 saturated carbocycles. The lowest BCUT2D eigenvalue weighted by Crippen LogP contribution is -2.25. The van der Waals surface area contributed by atoms with Crippen LogP contribution >= 0.6 is 7.75 Å². The number of ether oxygens (including phenoxy) is 1. The van der Waals surface area contributed by atoms with Crippen molar-refractivity contribution in [1.29, 1.82) is 5.26 Å². The number of nitrogens with zero attached hydrogens (tertiary/aromatic N) is 2. The Labute approximate surface area is 177 Å². The molecule has 0 unspecified atom stereocenters. The maximum absolute atomic E-state index is 13.8. The minimum absolute atomic E-state index is 0.0878. The average molecular weight is 428 g/mol. The summed E-state index contributed by atoms with van der Waals surface area (Å²) in [4.78, 5) is 12.5. The zero-order valence-corrected chi connectivity index (χ0v) is 18.2. The van der Waals surface area contributed by atoms with Crippen molar-refractivity contribution in [3.8, 4) is 6.07 Å². The zero-order valence-electron chi connectivity index (χ0n) is 17.3. The molecule has 8 heteroatoms. The van der Waals surface area contributed by atoms with Crippen LogP contribution in [0.1, 0.15) is 25.0 Å². The van der Waals surface area contributed by atoms with Gasteiger partial charge in [-0.1, -0.05) is 60.7 Å². The minimum Gasteiger partial charge on any atom is -0.465 e. The third kappa shape index (κ3) is 5.58. The zero-order chi connectivity index (χ0) is 22.0. The standard InChI is InChI=1S/C22H25N2O5P/c1-4-28-30(26,29-5-2)24(17-18-12-8-6-9-13-18)21(19-14-10-7-11-15-19)20(16-23)22(25)27-3/h6-15H,4-5,17H2,1-3H3. The maximum Gasteiger partial charge on any atom is 0.435 e. The van der Waals surface area contributed by atoms with Crippen LogP contribution < -0.4 is 0 Å². The van der Waals surface area contributed by atoms with E-state index in [0.717, 1.165) is 5.56 Å². The van der Waals surface area contributed by atoms with Gasteiger partial charge in [-0.25, -0.2) is 9.36 Å². The fourth-order valence-corrected chi connectivity index (χ4v) is 4.67. The number of methoxy groups -OCH3 is 1. The molecule has 0 N–H and O–H groups in total. The van der Waals surface area contributed by atoms with Crippen molar-refractivity contribution in [2.75, 3.05) is 20.3 Å². The van der Waals surface area contributed by atoms with Crippen molar-refractivity contribution in [2.24, 2.45) is 0 Å². The summed E-state index contributed by atoms with van der Waals surface area (Å²) in [5.41, 5.74) is 1.14. The van der Waals surface area contributed by atoms with Gasteiger partial charge in [0.25, 0.3) is 0 Å². The Morgan fingerprint density at radius 2 is 1.53 bits per heavy atom. The van der Waals surface area contributed by atoms with Crippen molar-refractivity contribution in [3.05, 3.63) is 77.4 Å². The van der Waals surface area contributed by atoms with Crippen LogP contribution in [0.3, 0.4) is 0 Å². The first-order valence-electron chi connectivity index (χ1n) is 9.49. The highest BCUT2D eigenvalue weighted by molar-refractivity contribution is 7.51. The molecular formula is C22H25N2O5P. The Balaban J connectivity index is 2.81. The molecule has 0 aliphatic heterocycles. The molecule has 0 amide bonds. The topological polar surface area (TPSA) is 88.9 Å². The average Bonchev–Trinajstić information content (AvgIpc) is 2.77. The van der Waals surface area contributed by atoms with Gasteiger partial charge in [-0.15, -0.1) is 0 Å². The van der Waals surface area contributed by atoms with Crippen molar-refractivity contribution >= 4 is 19.4 Å². The molecule has 0 fully saturated rings. The highest BCUT2D eigenvalue weighted by atomic mass is 31.2. The van der Waals surface area contributed by atoms with Crippen molar-refractivity contribution in [2.45, 2.75) is 20.4 Å². The number of hydrogen-bond acceptors (Lipinski definition) is 6. The van der Waals surface area contributed by atoms with Gasteiger partial charge in [0.05, 0.1) is 32.6 Å². The van der Waals surface area contributed by atoms with Crippen LogP contribution in [0.25, 0.3) is 5.70 Å². The van der Waals surface area contributed by atoms with E-state index in [1.807, 2.05) is 36.4 Å². The summed E-state index contributed by atoms with van der Waals surface area (Å²) in [7, 11) is -2.73. The van der Waals surface area contributed by atoms with E-state index in [9.17, 15) is 14.6 Å². The quantitative estimate of drug-likeness (QED) is 0.233. The van der Waals surface area contributed by atoms with Gasteiger partial charge in [0, 0.05) is 0 Å². The summed E-state index contributed by atoms with van der Waals surface area (Å²) in [6.07, 6.45) is 0. The lowest BCUT2D eigenvalue weighted by molar-refractivity contribution is -0.135. The highest BCUT2D eigenvalue weighted by Gasteiger charge is 2.38. The van der Waals surface area contributed by atoms with Crippen LogP contribution in [0.4, 0.5) is 0 Å². The van der Waals surface area contributed by atoms with E-state index in [0.29, 0.717) is 5.56 Å². The monoisotopic (exact) mass is 428 g/mol. The molecule has 158 valence electrons. The van der Waals surface area contributed by atoms with Gasteiger partial charge in [-0.05, 0) is 25.0 Å². The first-order chi connectivity index (χ1) is 14.5. The Hall–Kier alpha value is -2.91. The van der Waals surface area contributed by atoms with Crippen molar-refractivity contribution in [3.63, 3.8) is 0 Å². The van der Waals surface area contributed by atoms with Crippen LogP contribution in [0.15, 0.2) is 66.2 Å². The van der Waals surface area contributed by atoms with Crippen LogP contribution in [0.2, 0.25) is 0 Å². The van der Waals surface area contributed by atoms with Gasteiger partial charge in [-0.3, -0.25) is 13.7 Å². The molecule has 2 aromatic rings. The van der Waals surface area contributed by atoms with E-state index < -0.39 is 13.7 Å². The lowest BCUT2D eigenvalue weighted by Gasteiger charge is -2.33. The van der Waals surface area contributed by atoms with Gasteiger partial charge in [0.2, 0.25) is 0 Å². The predicted molar refractivity (Wildman–Crippen MR) is 114 cm³/mol. The SMILES string of the molecule is CCOP(=O)(OCC)N(Cc1ccccc1)C(=C(C#N)C(=O)OC)c1ccccc1. The van der Waals surface area contributed by atoms with E-state index in [-0.39, 0.29) is 31.0 Å². The molecule has 0 aromatic heterocycles. The molecule has 2 rings (SSSR count). The van der Waals surface area contributed by atoms with Crippen LogP contribution in [-0.4, -0.2) is 31.0 Å². The maximum atomic E-state index is 13.8. The summed E-state index contributed by atoms with van der Waals surface area (Å²) in [5, 5.41) is 9.79. The Bertz CT molecular complexity index is 944. The van der Waals surface area contributed by atoms with Gasteiger partial charge in [-0.2, -0.15) is 5.26 Å². The summed E-state index contributed by atoms with van der Waals surface area (Å²) >= 11 is 0. The van der Waals surface area contributed by atoms with E-state index >= 15 is 0 Å². The second kappa shape index (κ2) is 11.3. The third-order valence-electron chi connectivity index (χ3n) is 4.10. The number of hydrogen-bond donors (Lipinski definition) is 0. The molecule has 0 saturated heterocycles. The van der Waals surface area contributed by atoms with Gasteiger partial charge in [0.15, 0.2) is 5.57 Å². The first-order valence-corrected chi connectivity index (χ1v) is 11.0. The molecule has 7 nitrogen and oxygen atoms in total.